The Labute approximate surface area is 96.3 Å². The minimum atomic E-state index is -1.56. The summed E-state index contributed by atoms with van der Waals surface area (Å²) >= 11 is 5.70. The van der Waals surface area contributed by atoms with Crippen LogP contribution in [0, 0.1) is 10.7 Å². The average molecular weight is 246 g/mol. The molecule has 0 heterocycles. The maximum absolute atomic E-state index is 13.4. The van der Waals surface area contributed by atoms with Gasteiger partial charge in [-0.25, -0.2) is 9.18 Å². The van der Waals surface area contributed by atoms with Gasteiger partial charge in [-0.15, -0.1) is 4.91 Å². The number of nitroso groups, excluding NO2 is 1. The molecule has 1 atom stereocenters. The molecule has 0 radical (unpaired) electrons. The summed E-state index contributed by atoms with van der Waals surface area (Å²) in [4.78, 5) is 21.9. The molecule has 16 heavy (non-hydrogen) atoms. The topological polar surface area (TPSA) is 55.7 Å². The molecule has 0 amide bonds. The molecule has 6 heteroatoms. The fraction of sp³-hybridized carbons (Fsp3) is 0.300. The third-order valence-corrected chi connectivity index (χ3v) is 2.22. The van der Waals surface area contributed by atoms with E-state index in [1.165, 1.54) is 12.1 Å². The van der Waals surface area contributed by atoms with Crippen molar-refractivity contribution in [1.29, 1.82) is 0 Å². The van der Waals surface area contributed by atoms with Crippen LogP contribution < -0.4 is 0 Å². The van der Waals surface area contributed by atoms with Gasteiger partial charge < -0.3 is 4.74 Å². The number of esters is 1. The van der Waals surface area contributed by atoms with Crippen LogP contribution in [0.25, 0.3) is 0 Å². The van der Waals surface area contributed by atoms with E-state index in [1.807, 2.05) is 0 Å². The van der Waals surface area contributed by atoms with Crippen LogP contribution in [0.15, 0.2) is 23.4 Å². The van der Waals surface area contributed by atoms with Gasteiger partial charge in [0.2, 0.25) is 6.04 Å². The first-order valence-corrected chi connectivity index (χ1v) is 4.92. The van der Waals surface area contributed by atoms with Crippen molar-refractivity contribution in [1.82, 2.24) is 0 Å². The second-order valence-electron chi connectivity index (χ2n) is 2.90. The number of rotatable bonds is 4. The molecule has 0 spiro atoms. The van der Waals surface area contributed by atoms with Crippen molar-refractivity contribution in [3.8, 4) is 0 Å². The lowest BCUT2D eigenvalue weighted by molar-refractivity contribution is -0.144. The zero-order valence-electron chi connectivity index (χ0n) is 8.44. The van der Waals surface area contributed by atoms with Crippen molar-refractivity contribution in [3.63, 3.8) is 0 Å². The number of nitrogens with zero attached hydrogens (tertiary/aromatic N) is 1. The van der Waals surface area contributed by atoms with Gasteiger partial charge in [0.25, 0.3) is 0 Å². The van der Waals surface area contributed by atoms with Gasteiger partial charge in [0.1, 0.15) is 5.82 Å². The Morgan fingerprint density at radius 3 is 2.81 bits per heavy atom. The molecule has 1 aromatic rings. The van der Waals surface area contributed by atoms with Crippen LogP contribution in [0.2, 0.25) is 5.02 Å². The molecule has 1 unspecified atom stereocenters. The largest absolute Gasteiger partial charge is 0.464 e. The Hall–Kier alpha value is -1.49. The first-order valence-electron chi connectivity index (χ1n) is 4.54. The summed E-state index contributed by atoms with van der Waals surface area (Å²) in [7, 11) is 0. The second-order valence-corrected chi connectivity index (χ2v) is 3.30. The minimum absolute atomic E-state index is 0.0300. The quantitative estimate of drug-likeness (QED) is 0.605. The predicted octanol–water partition coefficient (Wildman–Crippen LogP) is 2.85. The molecule has 1 rings (SSSR count). The lowest BCUT2D eigenvalue weighted by Gasteiger charge is -2.10. The summed E-state index contributed by atoms with van der Waals surface area (Å²) in [6.45, 7) is 1.65. The smallest absolute Gasteiger partial charge is 0.339 e. The predicted molar refractivity (Wildman–Crippen MR) is 56.6 cm³/mol. The van der Waals surface area contributed by atoms with Crippen LogP contribution in [0.4, 0.5) is 4.39 Å². The Kier molecular flexibility index (Phi) is 4.37. The maximum Gasteiger partial charge on any atom is 0.339 e. The van der Waals surface area contributed by atoms with E-state index in [2.05, 4.69) is 9.91 Å². The highest BCUT2D eigenvalue weighted by Crippen LogP contribution is 2.29. The molecule has 0 aromatic heterocycles. The molecule has 0 saturated heterocycles. The SMILES string of the molecule is CCOC(=O)C(N=O)c1c(F)cccc1Cl. The third kappa shape index (κ3) is 2.55. The van der Waals surface area contributed by atoms with E-state index in [-0.39, 0.29) is 17.2 Å². The second kappa shape index (κ2) is 5.55. The zero-order valence-corrected chi connectivity index (χ0v) is 9.20. The van der Waals surface area contributed by atoms with Crippen molar-refractivity contribution >= 4 is 17.6 Å². The highest BCUT2D eigenvalue weighted by molar-refractivity contribution is 6.31. The summed E-state index contributed by atoms with van der Waals surface area (Å²) in [6, 6.07) is 2.28. The molecule has 4 nitrogen and oxygen atoms in total. The summed E-state index contributed by atoms with van der Waals surface area (Å²) in [5, 5.41) is 2.52. The van der Waals surface area contributed by atoms with E-state index in [0.717, 1.165) is 6.07 Å². The molecule has 1 aromatic carbocycles. The van der Waals surface area contributed by atoms with Crippen LogP contribution in [0.3, 0.4) is 0 Å². The van der Waals surface area contributed by atoms with Crippen LogP contribution in [-0.4, -0.2) is 12.6 Å². The molecule has 0 fully saturated rings. The van der Waals surface area contributed by atoms with Crippen LogP contribution in [0.5, 0.6) is 0 Å². The molecule has 0 bridgehead atoms. The highest BCUT2D eigenvalue weighted by atomic mass is 35.5. The molecule has 0 aliphatic rings. The molecule has 0 aliphatic carbocycles. The molecular formula is C10H9ClFNO3. The van der Waals surface area contributed by atoms with E-state index in [0.29, 0.717) is 0 Å². The third-order valence-electron chi connectivity index (χ3n) is 1.89. The average Bonchev–Trinajstić information content (AvgIpc) is 2.24. The normalized spacial score (nSPS) is 11.9. The number of halogens is 2. The number of ether oxygens (including phenoxy) is 1. The Balaban J connectivity index is 3.13. The zero-order chi connectivity index (χ0) is 12.1. The number of hydrogen-bond donors (Lipinski definition) is 0. The van der Waals surface area contributed by atoms with E-state index >= 15 is 0 Å². The summed E-state index contributed by atoms with van der Waals surface area (Å²) in [6.07, 6.45) is 0. The molecule has 0 N–H and O–H groups in total. The molecule has 86 valence electrons. The van der Waals surface area contributed by atoms with E-state index in [4.69, 9.17) is 11.6 Å². The van der Waals surface area contributed by atoms with Crippen molar-refractivity contribution in [2.75, 3.05) is 6.61 Å². The number of hydrogen-bond acceptors (Lipinski definition) is 4. The lowest BCUT2D eigenvalue weighted by atomic mass is 10.1. The Morgan fingerprint density at radius 2 is 2.31 bits per heavy atom. The summed E-state index contributed by atoms with van der Waals surface area (Å²) < 4.78 is 18.0. The Bertz CT molecular complexity index is 391. The monoisotopic (exact) mass is 245 g/mol. The van der Waals surface area contributed by atoms with Gasteiger partial charge in [-0.1, -0.05) is 17.7 Å². The van der Waals surface area contributed by atoms with E-state index in [9.17, 15) is 14.1 Å². The van der Waals surface area contributed by atoms with Crippen molar-refractivity contribution in [2.45, 2.75) is 13.0 Å². The highest BCUT2D eigenvalue weighted by Gasteiger charge is 2.28. The van der Waals surface area contributed by atoms with Gasteiger partial charge in [-0.3, -0.25) is 0 Å². The fourth-order valence-electron chi connectivity index (χ4n) is 1.21. The number of carbonyl (C=O) groups excluding carboxylic acids is 1. The van der Waals surface area contributed by atoms with E-state index in [1.54, 1.807) is 6.92 Å². The summed E-state index contributed by atoms with van der Waals surface area (Å²) in [5.41, 5.74) is -0.252. The van der Waals surface area contributed by atoms with Gasteiger partial charge in [-0.05, 0) is 24.2 Å². The van der Waals surface area contributed by atoms with Crippen molar-refractivity contribution in [3.05, 3.63) is 39.5 Å². The van der Waals surface area contributed by atoms with Gasteiger partial charge in [0.15, 0.2) is 0 Å². The molecule has 0 aliphatic heterocycles. The van der Waals surface area contributed by atoms with Gasteiger partial charge in [0.05, 0.1) is 6.61 Å². The minimum Gasteiger partial charge on any atom is -0.464 e. The number of benzene rings is 1. The van der Waals surface area contributed by atoms with E-state index < -0.39 is 17.8 Å². The standard InChI is InChI=1S/C10H9ClFNO3/c1-2-16-10(14)9(13-15)8-6(11)4-3-5-7(8)12/h3-5,9H,2H2,1H3. The van der Waals surface area contributed by atoms with Gasteiger partial charge >= 0.3 is 5.97 Å². The first-order chi connectivity index (χ1) is 7.61. The molecular weight excluding hydrogens is 237 g/mol. The summed E-state index contributed by atoms with van der Waals surface area (Å²) in [5.74, 6) is -1.67. The van der Waals surface area contributed by atoms with Crippen LogP contribution >= 0.6 is 11.6 Å². The fourth-order valence-corrected chi connectivity index (χ4v) is 1.47. The Morgan fingerprint density at radius 1 is 1.62 bits per heavy atom. The van der Waals surface area contributed by atoms with Gasteiger partial charge in [-0.2, -0.15) is 0 Å². The van der Waals surface area contributed by atoms with Crippen molar-refractivity contribution in [2.24, 2.45) is 5.18 Å². The van der Waals surface area contributed by atoms with Crippen LogP contribution in [0.1, 0.15) is 18.5 Å². The molecule has 0 saturated carbocycles. The number of carbonyl (C=O) groups is 1. The maximum atomic E-state index is 13.4. The van der Waals surface area contributed by atoms with Crippen molar-refractivity contribution < 1.29 is 13.9 Å². The first kappa shape index (κ1) is 12.6. The van der Waals surface area contributed by atoms with Crippen LogP contribution in [-0.2, 0) is 9.53 Å². The van der Waals surface area contributed by atoms with Gasteiger partial charge in [0, 0.05) is 10.6 Å². The lowest BCUT2D eigenvalue weighted by Crippen LogP contribution is -2.15.